The fourth-order valence-corrected chi connectivity index (χ4v) is 4.39. The molecule has 1 unspecified atom stereocenters. The molecule has 0 bridgehead atoms. The summed E-state index contributed by atoms with van der Waals surface area (Å²) in [6.45, 7) is 4.60. The van der Waals surface area contributed by atoms with E-state index in [1.165, 1.54) is 0 Å². The van der Waals surface area contributed by atoms with Gasteiger partial charge in [-0.3, -0.25) is 9.36 Å². The Balaban J connectivity index is 1.83. The molecule has 1 atom stereocenters. The molecule has 0 aliphatic rings. The number of fused-ring (bicyclic) bond motifs is 1. The van der Waals surface area contributed by atoms with Crippen LogP contribution in [0.25, 0.3) is 16.6 Å². The Morgan fingerprint density at radius 3 is 2.49 bits per heavy atom. The maximum Gasteiger partial charge on any atom is 0.322 e. The smallest absolute Gasteiger partial charge is 0.322 e. The van der Waals surface area contributed by atoms with Crippen LogP contribution in [-0.4, -0.2) is 47.9 Å². The first-order valence-corrected chi connectivity index (χ1v) is 12.3. The predicted octanol–water partition coefficient (Wildman–Crippen LogP) is 5.33. The molecule has 8 nitrogen and oxygen atoms in total. The van der Waals surface area contributed by atoms with E-state index in [0.717, 1.165) is 5.56 Å². The standard InChI is InChI=1S/C29H32N4O4/c1-5-26(32(17-18-36-3)29(35)30-21-13-15-23(37-4)16-14-21)27-31-25-12-7-6-11-24(25)28(34)33(27)22-10-8-9-20(2)19-22/h6-16,19,26H,5,17-18H2,1-4H3,(H,30,35). The first-order chi connectivity index (χ1) is 18.0. The summed E-state index contributed by atoms with van der Waals surface area (Å²) in [6, 6.07) is 21.3. The van der Waals surface area contributed by atoms with Crippen LogP contribution in [0, 0.1) is 6.92 Å². The van der Waals surface area contributed by atoms with Crippen molar-refractivity contribution in [1.29, 1.82) is 0 Å². The molecule has 37 heavy (non-hydrogen) atoms. The Kier molecular flexibility index (Phi) is 8.20. The van der Waals surface area contributed by atoms with Crippen molar-refractivity contribution in [3.05, 3.63) is 94.5 Å². The van der Waals surface area contributed by atoms with Crippen molar-refractivity contribution in [2.24, 2.45) is 0 Å². The van der Waals surface area contributed by atoms with Crippen molar-refractivity contribution in [2.45, 2.75) is 26.3 Å². The molecule has 4 aromatic rings. The van der Waals surface area contributed by atoms with Gasteiger partial charge >= 0.3 is 6.03 Å². The van der Waals surface area contributed by atoms with Crippen LogP contribution in [0.15, 0.2) is 77.6 Å². The summed E-state index contributed by atoms with van der Waals surface area (Å²) in [5, 5.41) is 3.49. The molecule has 192 valence electrons. The fourth-order valence-electron chi connectivity index (χ4n) is 4.39. The van der Waals surface area contributed by atoms with Gasteiger partial charge < -0.3 is 19.7 Å². The monoisotopic (exact) mass is 500 g/mol. The first-order valence-electron chi connectivity index (χ1n) is 12.3. The minimum absolute atomic E-state index is 0.174. The van der Waals surface area contributed by atoms with Gasteiger partial charge in [0, 0.05) is 19.3 Å². The molecule has 0 fully saturated rings. The number of aryl methyl sites for hydroxylation is 1. The SMILES string of the molecule is CCC(c1nc2ccccc2c(=O)n1-c1cccc(C)c1)N(CCOC)C(=O)Nc1ccc(OC)cc1. The quantitative estimate of drug-likeness (QED) is 0.336. The lowest BCUT2D eigenvalue weighted by Crippen LogP contribution is -2.42. The van der Waals surface area contributed by atoms with Crippen molar-refractivity contribution in [3.8, 4) is 11.4 Å². The zero-order chi connectivity index (χ0) is 26.4. The summed E-state index contributed by atoms with van der Waals surface area (Å²) in [7, 11) is 3.19. The van der Waals surface area contributed by atoms with E-state index in [1.54, 1.807) is 54.0 Å². The van der Waals surface area contributed by atoms with Crippen LogP contribution >= 0.6 is 0 Å². The minimum atomic E-state index is -0.494. The fraction of sp³-hybridized carbons (Fsp3) is 0.276. The van der Waals surface area contributed by atoms with E-state index >= 15 is 0 Å². The summed E-state index contributed by atoms with van der Waals surface area (Å²) in [5.41, 5.74) is 2.77. The predicted molar refractivity (Wildman–Crippen MR) is 146 cm³/mol. The van der Waals surface area contributed by atoms with Crippen molar-refractivity contribution < 1.29 is 14.3 Å². The average molecular weight is 501 g/mol. The number of nitrogens with zero attached hydrogens (tertiary/aromatic N) is 3. The summed E-state index contributed by atoms with van der Waals surface area (Å²) >= 11 is 0. The van der Waals surface area contributed by atoms with E-state index in [0.29, 0.717) is 53.4 Å². The zero-order valence-corrected chi connectivity index (χ0v) is 21.6. The average Bonchev–Trinajstić information content (AvgIpc) is 2.91. The summed E-state index contributed by atoms with van der Waals surface area (Å²) in [6.07, 6.45) is 0.538. The second kappa shape index (κ2) is 11.7. The normalized spacial score (nSPS) is 11.8. The number of methoxy groups -OCH3 is 2. The van der Waals surface area contributed by atoms with Gasteiger partial charge in [0.1, 0.15) is 11.6 Å². The maximum atomic E-state index is 13.8. The van der Waals surface area contributed by atoms with Crippen molar-refractivity contribution >= 4 is 22.6 Å². The van der Waals surface area contributed by atoms with Crippen LogP contribution in [0.2, 0.25) is 0 Å². The number of hydrogen-bond donors (Lipinski definition) is 1. The molecular formula is C29H32N4O4. The number of aromatic nitrogens is 2. The maximum absolute atomic E-state index is 13.8. The highest BCUT2D eigenvalue weighted by molar-refractivity contribution is 5.89. The molecule has 1 aromatic heterocycles. The van der Waals surface area contributed by atoms with Crippen LogP contribution in [0.3, 0.4) is 0 Å². The summed E-state index contributed by atoms with van der Waals surface area (Å²) in [5.74, 6) is 1.20. The lowest BCUT2D eigenvalue weighted by atomic mass is 10.1. The number of rotatable bonds is 9. The lowest BCUT2D eigenvalue weighted by molar-refractivity contribution is 0.131. The van der Waals surface area contributed by atoms with Crippen LogP contribution in [0.1, 0.15) is 30.8 Å². The second-order valence-electron chi connectivity index (χ2n) is 8.74. The van der Waals surface area contributed by atoms with Crippen molar-refractivity contribution in [2.75, 3.05) is 32.7 Å². The lowest BCUT2D eigenvalue weighted by Gasteiger charge is -2.32. The van der Waals surface area contributed by atoms with Gasteiger partial charge in [-0.2, -0.15) is 0 Å². The molecule has 1 N–H and O–H groups in total. The number of anilines is 1. The van der Waals surface area contributed by atoms with Gasteiger partial charge in [0.05, 0.1) is 36.3 Å². The van der Waals surface area contributed by atoms with Crippen LogP contribution in [0.4, 0.5) is 10.5 Å². The number of ether oxygens (including phenoxy) is 2. The number of benzene rings is 3. The molecule has 3 aromatic carbocycles. The molecule has 0 saturated heterocycles. The summed E-state index contributed by atoms with van der Waals surface area (Å²) < 4.78 is 12.2. The first kappa shape index (κ1) is 25.9. The molecule has 0 aliphatic carbocycles. The van der Waals surface area contributed by atoms with Gasteiger partial charge in [-0.15, -0.1) is 0 Å². The highest BCUT2D eigenvalue weighted by atomic mass is 16.5. The molecule has 2 amide bonds. The Hall–Kier alpha value is -4.17. The second-order valence-corrected chi connectivity index (χ2v) is 8.74. The Labute approximate surface area is 216 Å². The van der Waals surface area contributed by atoms with E-state index in [1.807, 2.05) is 56.3 Å². The molecule has 4 rings (SSSR count). The Morgan fingerprint density at radius 2 is 1.81 bits per heavy atom. The number of nitrogens with one attached hydrogen (secondary N) is 1. The van der Waals surface area contributed by atoms with Crippen molar-refractivity contribution in [1.82, 2.24) is 14.5 Å². The van der Waals surface area contributed by atoms with Gasteiger partial charge in [0.2, 0.25) is 0 Å². The van der Waals surface area contributed by atoms with Gasteiger partial charge in [-0.1, -0.05) is 31.2 Å². The van der Waals surface area contributed by atoms with Crippen LogP contribution in [-0.2, 0) is 4.74 Å². The van der Waals surface area contributed by atoms with Gasteiger partial charge in [-0.25, -0.2) is 9.78 Å². The van der Waals surface area contributed by atoms with Crippen molar-refractivity contribution in [3.63, 3.8) is 0 Å². The minimum Gasteiger partial charge on any atom is -0.497 e. The third kappa shape index (κ3) is 5.65. The Morgan fingerprint density at radius 1 is 1.05 bits per heavy atom. The number of amides is 2. The summed E-state index contributed by atoms with van der Waals surface area (Å²) in [4.78, 5) is 34.0. The number of para-hydroxylation sites is 1. The highest BCUT2D eigenvalue weighted by Crippen LogP contribution is 2.27. The van der Waals surface area contributed by atoms with Gasteiger partial charge in [0.15, 0.2) is 0 Å². The molecule has 0 spiro atoms. The third-order valence-corrected chi connectivity index (χ3v) is 6.26. The largest absolute Gasteiger partial charge is 0.497 e. The highest BCUT2D eigenvalue weighted by Gasteiger charge is 2.29. The van der Waals surface area contributed by atoms with E-state index in [4.69, 9.17) is 14.5 Å². The number of urea groups is 1. The molecule has 8 heteroatoms. The van der Waals surface area contributed by atoms with Crippen LogP contribution < -0.4 is 15.6 Å². The molecule has 0 saturated carbocycles. The van der Waals surface area contributed by atoms with E-state index < -0.39 is 6.04 Å². The number of hydrogen-bond acceptors (Lipinski definition) is 5. The van der Waals surface area contributed by atoms with Crippen LogP contribution in [0.5, 0.6) is 5.75 Å². The molecule has 1 heterocycles. The number of carbonyl (C=O) groups is 1. The topological polar surface area (TPSA) is 85.7 Å². The zero-order valence-electron chi connectivity index (χ0n) is 21.6. The van der Waals surface area contributed by atoms with E-state index in [2.05, 4.69) is 5.32 Å². The molecule has 0 aliphatic heterocycles. The third-order valence-electron chi connectivity index (χ3n) is 6.26. The van der Waals surface area contributed by atoms with E-state index in [9.17, 15) is 9.59 Å². The van der Waals surface area contributed by atoms with Gasteiger partial charge in [-0.05, 0) is 67.4 Å². The van der Waals surface area contributed by atoms with E-state index in [-0.39, 0.29) is 11.6 Å². The van der Waals surface area contributed by atoms with Gasteiger partial charge in [0.25, 0.3) is 5.56 Å². The molecule has 0 radical (unpaired) electrons. The molecular weight excluding hydrogens is 468 g/mol. The Bertz CT molecular complexity index is 1430. The number of carbonyl (C=O) groups excluding carboxylic acids is 1.